The van der Waals surface area contributed by atoms with Crippen LogP contribution in [0.3, 0.4) is 0 Å². The first-order valence-corrected chi connectivity index (χ1v) is 5.92. The Kier molecular flexibility index (Phi) is 54.8. The average Bonchev–Trinajstić information content (AvgIpc) is 0.918. The summed E-state index contributed by atoms with van der Waals surface area (Å²) in [5, 5.41) is 0. The molecule has 0 aliphatic carbocycles. The first-order valence-electron chi connectivity index (χ1n) is 0.333. The summed E-state index contributed by atoms with van der Waals surface area (Å²) in [6, 6.07) is 0. The summed E-state index contributed by atoms with van der Waals surface area (Å²) >= 11 is -0.363. The number of hydrogen-bond acceptors (Lipinski definition) is 2. The fourth-order valence-corrected chi connectivity index (χ4v) is 0. The van der Waals surface area contributed by atoms with Crippen molar-refractivity contribution in [2.45, 2.75) is 0 Å². The van der Waals surface area contributed by atoms with Crippen molar-refractivity contribution in [2.24, 2.45) is 0 Å². The summed E-state index contributed by atoms with van der Waals surface area (Å²) in [6.45, 7) is 0. The topological polar surface area (TPSA) is 28.5 Å². The van der Waals surface area contributed by atoms with Crippen LogP contribution >= 0.6 is 19.6 Å². The summed E-state index contributed by atoms with van der Waals surface area (Å²) < 4.78 is 0. The smallest absolute Gasteiger partial charge is 2.00 e. The van der Waals surface area contributed by atoms with Gasteiger partial charge in [-0.2, -0.15) is 0 Å². The molecule has 0 N–H and O–H groups in total. The van der Waals surface area contributed by atoms with Crippen LogP contribution in [0.1, 0.15) is 0 Å². The van der Waals surface area contributed by atoms with Crippen LogP contribution in [0.25, 0.3) is 0 Å². The van der Waals surface area contributed by atoms with E-state index in [1.54, 1.807) is 0 Å². The largest absolute Gasteiger partial charge is 2.00 e. The Labute approximate surface area is 59.0 Å². The van der Waals surface area contributed by atoms with Crippen LogP contribution in [-0.2, 0) is 39.9 Å². The Morgan fingerprint density at radius 3 is 1.20 bits per heavy atom. The Morgan fingerprint density at radius 1 is 1.20 bits per heavy atom. The second-order valence-electron chi connectivity index (χ2n) is 0.0680. The van der Waals surface area contributed by atoms with Crippen LogP contribution in [-0.4, -0.2) is 0 Å². The van der Waals surface area contributed by atoms with Gasteiger partial charge in [-0.05, 0) is 0 Å². The second kappa shape index (κ2) is 17.2. The van der Waals surface area contributed by atoms with Gasteiger partial charge in [0.2, 0.25) is 0 Å². The summed E-state index contributed by atoms with van der Waals surface area (Å²) in [5.41, 5.74) is 0. The van der Waals surface area contributed by atoms with E-state index in [1.165, 1.54) is 0 Å². The molecule has 26 valence electrons. The maximum Gasteiger partial charge on any atom is 2.00 e. The summed E-state index contributed by atoms with van der Waals surface area (Å²) in [7, 11) is 8.68. The van der Waals surface area contributed by atoms with E-state index in [0.717, 1.165) is 0 Å². The quantitative estimate of drug-likeness (QED) is 0.596. The summed E-state index contributed by atoms with van der Waals surface area (Å²) in [5.74, 6) is 0. The standard InChI is InChI=1S/Mo.O.2S.Zn/q;-2;;;+2. The van der Waals surface area contributed by atoms with Crippen molar-refractivity contribution in [1.82, 2.24) is 0 Å². The SMILES string of the molecule is [O-2].[S]=[Mo]=[S].[Zn+2]. The van der Waals surface area contributed by atoms with E-state index in [0.29, 0.717) is 0 Å². The molecular weight excluding hydrogens is 241 g/mol. The Bertz CT molecular complexity index is 30.6. The van der Waals surface area contributed by atoms with Crippen LogP contribution in [0.15, 0.2) is 0 Å². The van der Waals surface area contributed by atoms with Gasteiger partial charge in [-0.3, -0.25) is 0 Å². The first-order chi connectivity index (χ1) is 1.41. The van der Waals surface area contributed by atoms with Crippen molar-refractivity contribution >= 4 is 19.6 Å². The molecule has 5 heavy (non-hydrogen) atoms. The molecule has 0 radical (unpaired) electrons. The van der Waals surface area contributed by atoms with Crippen LogP contribution < -0.4 is 0 Å². The van der Waals surface area contributed by atoms with E-state index in [4.69, 9.17) is 0 Å². The molecule has 0 aromatic rings. The maximum absolute atomic E-state index is 4.34. The van der Waals surface area contributed by atoms with Crippen molar-refractivity contribution in [2.75, 3.05) is 0 Å². The molecule has 0 aliphatic rings. The van der Waals surface area contributed by atoms with Crippen LogP contribution in [0.4, 0.5) is 0 Å². The Morgan fingerprint density at radius 2 is 1.20 bits per heavy atom. The minimum Gasteiger partial charge on any atom is 2.00 e. The third-order valence-electron chi connectivity index (χ3n) is 0. The van der Waals surface area contributed by atoms with Crippen molar-refractivity contribution in [3.8, 4) is 0 Å². The van der Waals surface area contributed by atoms with Crippen LogP contribution in [0, 0.1) is 0 Å². The van der Waals surface area contributed by atoms with E-state index >= 15 is 0 Å². The van der Waals surface area contributed by atoms with Gasteiger partial charge < -0.3 is 5.48 Å². The molecule has 0 bridgehead atoms. The van der Waals surface area contributed by atoms with E-state index < -0.39 is 0 Å². The molecule has 0 amide bonds. The molecule has 0 aliphatic heterocycles. The average molecular weight is 241 g/mol. The first kappa shape index (κ1) is 15.9. The maximum atomic E-state index is 4.34. The van der Waals surface area contributed by atoms with Crippen molar-refractivity contribution in [3.05, 3.63) is 0 Å². The molecule has 0 aromatic carbocycles. The molecule has 0 heterocycles. The Hall–Kier alpha value is 1.71. The van der Waals surface area contributed by atoms with Gasteiger partial charge in [0.25, 0.3) is 0 Å². The zero-order valence-corrected chi connectivity index (χ0v) is 8.95. The minimum atomic E-state index is -0.363. The predicted molar refractivity (Wildman–Crippen MR) is 15.9 cm³/mol. The molecule has 0 spiro atoms. The van der Waals surface area contributed by atoms with E-state index in [2.05, 4.69) is 19.6 Å². The molecule has 0 fully saturated rings. The van der Waals surface area contributed by atoms with E-state index in [-0.39, 0.29) is 39.9 Å². The van der Waals surface area contributed by atoms with Gasteiger partial charge in [0, 0.05) is 0 Å². The normalized spacial score (nSPS) is 2.40. The second-order valence-corrected chi connectivity index (χ2v) is 3.62. The molecule has 0 unspecified atom stereocenters. The Balaban J connectivity index is -0.0000000200. The predicted octanol–water partition coefficient (Wildman–Crippen LogP) is 1.17. The molecule has 0 atom stereocenters. The van der Waals surface area contributed by atoms with Gasteiger partial charge in [-0.25, -0.2) is 0 Å². The molecule has 0 saturated carbocycles. The molecule has 5 heteroatoms. The van der Waals surface area contributed by atoms with Gasteiger partial charge in [-0.15, -0.1) is 0 Å². The van der Waals surface area contributed by atoms with Gasteiger partial charge in [-0.1, -0.05) is 0 Å². The third kappa shape index (κ3) is 26.9. The monoisotopic (exact) mass is 242 g/mol. The molecule has 0 saturated heterocycles. The summed E-state index contributed by atoms with van der Waals surface area (Å²) in [6.07, 6.45) is 0. The van der Waals surface area contributed by atoms with E-state index in [1.807, 2.05) is 0 Å². The van der Waals surface area contributed by atoms with E-state index in [9.17, 15) is 0 Å². The van der Waals surface area contributed by atoms with Crippen LogP contribution in [0.2, 0.25) is 0 Å². The third-order valence-corrected chi connectivity index (χ3v) is 0. The van der Waals surface area contributed by atoms with Crippen molar-refractivity contribution < 1.29 is 39.9 Å². The molecular formula is MoOS2Zn. The number of rotatable bonds is 0. The van der Waals surface area contributed by atoms with Crippen molar-refractivity contribution in [3.63, 3.8) is 0 Å². The van der Waals surface area contributed by atoms with Gasteiger partial charge in [0.05, 0.1) is 0 Å². The fourth-order valence-electron chi connectivity index (χ4n) is 0. The van der Waals surface area contributed by atoms with Crippen molar-refractivity contribution in [1.29, 1.82) is 0 Å². The zero-order chi connectivity index (χ0) is 2.71. The minimum absolute atomic E-state index is 0. The summed E-state index contributed by atoms with van der Waals surface area (Å²) in [4.78, 5) is 0. The fraction of sp³-hybridized carbons (Fsp3) is 0. The van der Waals surface area contributed by atoms with Gasteiger partial charge in [0.1, 0.15) is 0 Å². The number of hydrogen-bond donors (Lipinski definition) is 0. The zero-order valence-electron chi connectivity index (χ0n) is 2.34. The van der Waals surface area contributed by atoms with Gasteiger partial charge in [0.15, 0.2) is 0 Å². The molecule has 1 nitrogen and oxygen atoms in total. The van der Waals surface area contributed by atoms with Crippen LogP contribution in [0.5, 0.6) is 0 Å². The van der Waals surface area contributed by atoms with Gasteiger partial charge >= 0.3 is 54.0 Å². The molecule has 0 aromatic heterocycles. The molecule has 0 rings (SSSR count).